The first-order chi connectivity index (χ1) is 20.4. The van der Waals surface area contributed by atoms with Crippen LogP contribution in [0.1, 0.15) is 75.2 Å². The van der Waals surface area contributed by atoms with Gasteiger partial charge < -0.3 is 10.1 Å². The number of amides is 4. The zero-order chi connectivity index (χ0) is 29.2. The molecule has 1 atom stereocenters. The van der Waals surface area contributed by atoms with Gasteiger partial charge in [0.25, 0.3) is 11.8 Å². The summed E-state index contributed by atoms with van der Waals surface area (Å²) in [6, 6.07) is 13.7. The Morgan fingerprint density at radius 3 is 2.50 bits per heavy atom. The molecule has 0 bridgehead atoms. The van der Waals surface area contributed by atoms with E-state index in [2.05, 4.69) is 15.7 Å². The average molecular weight is 570 g/mol. The van der Waals surface area contributed by atoms with Gasteiger partial charge in [-0.3, -0.25) is 34.1 Å². The molecule has 11 heteroatoms. The van der Waals surface area contributed by atoms with Crippen molar-refractivity contribution in [3.05, 3.63) is 83.2 Å². The molecule has 11 nitrogen and oxygen atoms in total. The first kappa shape index (κ1) is 27.4. The number of ether oxygens (including phenoxy) is 1. The molecular weight excluding hydrogens is 538 g/mol. The third kappa shape index (κ3) is 5.54. The first-order valence-electron chi connectivity index (χ1n) is 14.2. The summed E-state index contributed by atoms with van der Waals surface area (Å²) in [6.45, 7) is 0.897. The molecule has 2 aromatic carbocycles. The molecule has 2 fully saturated rings. The fraction of sp³-hybridized carbons (Fsp3) is 0.355. The molecule has 3 heterocycles. The number of anilines is 1. The highest BCUT2D eigenvalue weighted by atomic mass is 16.5. The number of imide groups is 2. The molecular formula is C31H31N5O6. The maximum absolute atomic E-state index is 13.4. The zero-order valence-corrected chi connectivity index (χ0v) is 23.0. The molecule has 2 N–H and O–H groups in total. The van der Waals surface area contributed by atoms with Crippen LogP contribution in [0.3, 0.4) is 0 Å². The van der Waals surface area contributed by atoms with Gasteiger partial charge in [-0.05, 0) is 55.7 Å². The number of carbonyl (C=O) groups excluding carboxylic acids is 5. The van der Waals surface area contributed by atoms with Crippen LogP contribution in [0.2, 0.25) is 0 Å². The van der Waals surface area contributed by atoms with Crippen molar-refractivity contribution in [2.24, 2.45) is 5.92 Å². The van der Waals surface area contributed by atoms with Gasteiger partial charge in [0, 0.05) is 30.9 Å². The van der Waals surface area contributed by atoms with E-state index in [1.807, 2.05) is 30.3 Å². The van der Waals surface area contributed by atoms with Crippen molar-refractivity contribution in [1.29, 1.82) is 0 Å². The second kappa shape index (κ2) is 11.6. The van der Waals surface area contributed by atoms with E-state index in [1.54, 1.807) is 29.1 Å². The average Bonchev–Trinajstić information content (AvgIpc) is 3.56. The highest BCUT2D eigenvalue weighted by molar-refractivity contribution is 6.25. The lowest BCUT2D eigenvalue weighted by atomic mass is 9.85. The number of hydrogen-bond acceptors (Lipinski definition) is 8. The maximum atomic E-state index is 13.4. The van der Waals surface area contributed by atoms with Gasteiger partial charge in [-0.1, -0.05) is 36.4 Å². The van der Waals surface area contributed by atoms with E-state index < -0.39 is 35.6 Å². The van der Waals surface area contributed by atoms with Crippen LogP contribution in [0.15, 0.2) is 60.9 Å². The summed E-state index contributed by atoms with van der Waals surface area (Å²) in [4.78, 5) is 63.9. The number of esters is 1. The molecule has 1 aromatic heterocycles. The van der Waals surface area contributed by atoms with Crippen molar-refractivity contribution in [3.8, 4) is 0 Å². The van der Waals surface area contributed by atoms with Gasteiger partial charge in [0.05, 0.1) is 22.9 Å². The van der Waals surface area contributed by atoms with Crippen LogP contribution in [0.25, 0.3) is 0 Å². The molecule has 42 heavy (non-hydrogen) atoms. The summed E-state index contributed by atoms with van der Waals surface area (Å²) in [6.07, 6.45) is 7.03. The fourth-order valence-corrected chi connectivity index (χ4v) is 5.98. The van der Waals surface area contributed by atoms with E-state index in [0.29, 0.717) is 23.7 Å². The molecule has 3 aromatic rings. The van der Waals surface area contributed by atoms with Crippen LogP contribution >= 0.6 is 0 Å². The van der Waals surface area contributed by atoms with E-state index in [-0.39, 0.29) is 36.6 Å². The molecule has 1 aliphatic carbocycles. The second-order valence-corrected chi connectivity index (χ2v) is 11.1. The van der Waals surface area contributed by atoms with Crippen LogP contribution in [0.5, 0.6) is 0 Å². The summed E-state index contributed by atoms with van der Waals surface area (Å²) in [5.74, 6) is -2.08. The van der Waals surface area contributed by atoms with Crippen molar-refractivity contribution in [2.75, 3.05) is 5.32 Å². The smallest absolute Gasteiger partial charge is 0.341 e. The molecule has 3 aliphatic rings. The number of hydrogen-bond donors (Lipinski definition) is 2. The number of nitrogens with one attached hydrogen (secondary N) is 2. The van der Waals surface area contributed by atoms with E-state index in [0.717, 1.165) is 36.1 Å². The minimum Gasteiger partial charge on any atom is -0.457 e. The first-order valence-corrected chi connectivity index (χ1v) is 14.2. The summed E-state index contributed by atoms with van der Waals surface area (Å²) in [5.41, 5.74) is 2.46. The topological polar surface area (TPSA) is 140 Å². The summed E-state index contributed by atoms with van der Waals surface area (Å²) < 4.78 is 7.19. The van der Waals surface area contributed by atoms with Gasteiger partial charge in [-0.25, -0.2) is 4.79 Å². The highest BCUT2D eigenvalue weighted by Crippen LogP contribution is 2.35. The Balaban J connectivity index is 1.03. The third-order valence-electron chi connectivity index (χ3n) is 8.20. The molecule has 6 rings (SSSR count). The van der Waals surface area contributed by atoms with Gasteiger partial charge in [0.2, 0.25) is 11.8 Å². The zero-order valence-electron chi connectivity index (χ0n) is 23.0. The largest absolute Gasteiger partial charge is 0.457 e. The van der Waals surface area contributed by atoms with Crippen LogP contribution < -0.4 is 10.6 Å². The van der Waals surface area contributed by atoms with Crippen molar-refractivity contribution < 1.29 is 28.7 Å². The van der Waals surface area contributed by atoms with Crippen LogP contribution in [-0.2, 0) is 27.5 Å². The normalized spacial score (nSPS) is 22.1. The summed E-state index contributed by atoms with van der Waals surface area (Å²) in [5, 5.41) is 10.1. The van der Waals surface area contributed by atoms with Crippen LogP contribution in [-0.4, -0.2) is 56.4 Å². The Hall–Kier alpha value is -4.80. The Kier molecular flexibility index (Phi) is 7.56. The summed E-state index contributed by atoms with van der Waals surface area (Å²) in [7, 11) is 0. The van der Waals surface area contributed by atoms with Gasteiger partial charge in [-0.15, -0.1) is 0 Å². The van der Waals surface area contributed by atoms with E-state index in [9.17, 15) is 24.0 Å². The lowest BCUT2D eigenvalue weighted by Gasteiger charge is -2.30. The maximum Gasteiger partial charge on any atom is 0.341 e. The van der Waals surface area contributed by atoms with Gasteiger partial charge in [0.1, 0.15) is 12.6 Å². The monoisotopic (exact) mass is 569 g/mol. The number of benzene rings is 2. The lowest BCUT2D eigenvalue weighted by molar-refractivity contribution is -0.136. The van der Waals surface area contributed by atoms with Crippen molar-refractivity contribution in [3.63, 3.8) is 0 Å². The molecule has 2 aliphatic heterocycles. The number of piperidine rings is 1. The molecule has 1 saturated heterocycles. The number of carbonyl (C=O) groups is 5. The predicted molar refractivity (Wildman–Crippen MR) is 150 cm³/mol. The van der Waals surface area contributed by atoms with E-state index in [4.69, 9.17) is 4.74 Å². The van der Waals surface area contributed by atoms with Gasteiger partial charge >= 0.3 is 5.97 Å². The fourth-order valence-electron chi connectivity index (χ4n) is 5.98. The molecule has 1 unspecified atom stereocenters. The van der Waals surface area contributed by atoms with Gasteiger partial charge in [-0.2, -0.15) is 5.10 Å². The number of fused-ring (bicyclic) bond motifs is 1. The number of aromatic nitrogens is 2. The third-order valence-corrected chi connectivity index (χ3v) is 8.20. The van der Waals surface area contributed by atoms with Crippen LogP contribution in [0, 0.1) is 5.92 Å². The van der Waals surface area contributed by atoms with Crippen molar-refractivity contribution in [1.82, 2.24) is 20.0 Å². The molecule has 0 radical (unpaired) electrons. The Morgan fingerprint density at radius 2 is 1.74 bits per heavy atom. The Bertz CT molecular complexity index is 1540. The minimum atomic E-state index is -0.994. The van der Waals surface area contributed by atoms with E-state index >= 15 is 0 Å². The number of rotatable bonds is 8. The second-order valence-electron chi connectivity index (χ2n) is 11.1. The van der Waals surface area contributed by atoms with Gasteiger partial charge in [0.15, 0.2) is 0 Å². The molecule has 1 saturated carbocycles. The summed E-state index contributed by atoms with van der Waals surface area (Å²) >= 11 is 0. The molecule has 0 spiro atoms. The Labute approximate surface area is 242 Å². The lowest BCUT2D eigenvalue weighted by Crippen LogP contribution is -2.54. The predicted octanol–water partition coefficient (Wildman–Crippen LogP) is 3.31. The Morgan fingerprint density at radius 1 is 0.952 bits per heavy atom. The van der Waals surface area contributed by atoms with Crippen molar-refractivity contribution >= 4 is 35.3 Å². The van der Waals surface area contributed by atoms with Crippen molar-refractivity contribution in [2.45, 2.75) is 63.8 Å². The quantitative estimate of drug-likeness (QED) is 0.311. The molecule has 216 valence electrons. The van der Waals surface area contributed by atoms with Crippen LogP contribution in [0.4, 0.5) is 5.69 Å². The minimum absolute atomic E-state index is 0.0797. The number of nitrogens with zero attached hydrogens (tertiary/aromatic N) is 3. The highest BCUT2D eigenvalue weighted by Gasteiger charge is 2.45. The standard InChI is InChI=1S/C31H31N5O6/c37-26-14-13-25(28(38)34-26)36-29(39)23-7-4-8-24(27(23)30(36)40)33-22-11-9-19(10-12-22)16-35-17-21(15-32-35)31(41)42-18-20-5-2-1-3-6-20/h1-8,15,17,19,22,25,33H,9-14,16,18H2,(H,34,37,38). The SMILES string of the molecule is O=C1CCC(N2C(=O)c3cccc(NC4CCC(Cn5cc(C(=O)OCc6ccccc6)cn5)CC4)c3C2=O)C(=O)N1. The van der Waals surface area contributed by atoms with E-state index in [1.165, 1.54) is 6.20 Å². The molecule has 4 amide bonds.